The number of carbonyl (C=O) groups is 1. The zero-order valence-electron chi connectivity index (χ0n) is 11.9. The Morgan fingerprint density at radius 3 is 2.47 bits per heavy atom. The van der Waals surface area contributed by atoms with Gasteiger partial charge in [0.15, 0.2) is 0 Å². The van der Waals surface area contributed by atoms with E-state index in [0.29, 0.717) is 25.2 Å². The lowest BCUT2D eigenvalue weighted by atomic mass is 9.93. The molecule has 3 unspecified atom stereocenters. The van der Waals surface area contributed by atoms with E-state index in [1.165, 1.54) is 6.26 Å². The van der Waals surface area contributed by atoms with Crippen LogP contribution in [-0.2, 0) is 14.6 Å². The SMILES string of the molecule is CC(C)CC(NC1CCCC(S(C)(=O)=O)C1)C(=O)O. The molecule has 19 heavy (non-hydrogen) atoms. The van der Waals surface area contributed by atoms with Gasteiger partial charge in [-0.1, -0.05) is 20.3 Å². The predicted molar refractivity (Wildman–Crippen MR) is 74.9 cm³/mol. The number of sulfone groups is 1. The third kappa shape index (κ3) is 5.48. The molecule has 1 aliphatic rings. The number of nitrogens with one attached hydrogen (secondary N) is 1. The van der Waals surface area contributed by atoms with Gasteiger partial charge in [-0.25, -0.2) is 8.42 Å². The highest BCUT2D eigenvalue weighted by atomic mass is 32.2. The minimum absolute atomic E-state index is 0.00618. The standard InChI is InChI=1S/C13H25NO4S/c1-9(2)7-12(13(15)16)14-10-5-4-6-11(8-10)19(3,17)18/h9-12,14H,4-8H2,1-3H3,(H,15,16). The highest BCUT2D eigenvalue weighted by Crippen LogP contribution is 2.24. The molecule has 0 aliphatic heterocycles. The molecule has 1 aliphatic carbocycles. The molecule has 0 radical (unpaired) electrons. The minimum Gasteiger partial charge on any atom is -0.480 e. The molecule has 0 aromatic carbocycles. The second-order valence-electron chi connectivity index (χ2n) is 6.00. The van der Waals surface area contributed by atoms with Crippen LogP contribution in [0.4, 0.5) is 0 Å². The Hall–Kier alpha value is -0.620. The monoisotopic (exact) mass is 291 g/mol. The summed E-state index contributed by atoms with van der Waals surface area (Å²) in [4.78, 5) is 11.2. The Bertz CT molecular complexity index is 405. The average Bonchev–Trinajstić information content (AvgIpc) is 2.26. The Kier molecular flexibility index (Phi) is 5.80. The van der Waals surface area contributed by atoms with Gasteiger partial charge in [-0.15, -0.1) is 0 Å². The molecule has 2 N–H and O–H groups in total. The van der Waals surface area contributed by atoms with Gasteiger partial charge in [0.2, 0.25) is 0 Å². The summed E-state index contributed by atoms with van der Waals surface area (Å²) in [6, 6.07) is -0.586. The molecular formula is C13H25NO4S. The molecule has 0 spiro atoms. The topological polar surface area (TPSA) is 83.5 Å². The highest BCUT2D eigenvalue weighted by molar-refractivity contribution is 7.91. The summed E-state index contributed by atoms with van der Waals surface area (Å²) < 4.78 is 23.2. The number of hydrogen-bond donors (Lipinski definition) is 2. The summed E-state index contributed by atoms with van der Waals surface area (Å²) in [5.41, 5.74) is 0. The Morgan fingerprint density at radius 1 is 1.37 bits per heavy atom. The summed E-state index contributed by atoms with van der Waals surface area (Å²) in [6.45, 7) is 3.97. The van der Waals surface area contributed by atoms with Crippen LogP contribution in [0.25, 0.3) is 0 Å². The molecule has 1 fully saturated rings. The first-order chi connectivity index (χ1) is 8.70. The lowest BCUT2D eigenvalue weighted by Crippen LogP contribution is -2.47. The molecule has 1 rings (SSSR count). The Labute approximate surface area is 115 Å². The van der Waals surface area contributed by atoms with Gasteiger partial charge in [0.05, 0.1) is 5.25 Å². The number of rotatable bonds is 6. The Morgan fingerprint density at radius 2 is 2.00 bits per heavy atom. The number of carboxylic acids is 1. The molecule has 0 bridgehead atoms. The number of hydrogen-bond acceptors (Lipinski definition) is 4. The van der Waals surface area contributed by atoms with Crippen molar-refractivity contribution in [1.29, 1.82) is 0 Å². The van der Waals surface area contributed by atoms with E-state index in [-0.39, 0.29) is 11.3 Å². The van der Waals surface area contributed by atoms with Gasteiger partial charge in [0.1, 0.15) is 15.9 Å². The maximum absolute atomic E-state index is 11.6. The molecule has 0 amide bonds. The van der Waals surface area contributed by atoms with Crippen LogP contribution in [0.15, 0.2) is 0 Å². The molecule has 0 aromatic heterocycles. The van der Waals surface area contributed by atoms with Crippen LogP contribution >= 0.6 is 0 Å². The number of carboxylic acid groups (broad SMARTS) is 1. The molecule has 1 saturated carbocycles. The molecule has 3 atom stereocenters. The van der Waals surface area contributed by atoms with E-state index >= 15 is 0 Å². The van der Waals surface area contributed by atoms with Crippen molar-refractivity contribution >= 4 is 15.8 Å². The van der Waals surface area contributed by atoms with Gasteiger partial charge >= 0.3 is 5.97 Å². The van der Waals surface area contributed by atoms with Crippen LogP contribution < -0.4 is 5.32 Å². The molecule has 0 aromatic rings. The molecule has 0 saturated heterocycles. The van der Waals surface area contributed by atoms with Gasteiger partial charge in [0, 0.05) is 12.3 Å². The summed E-state index contributed by atoms with van der Waals surface area (Å²) >= 11 is 0. The second kappa shape index (κ2) is 6.70. The Balaban J connectivity index is 2.62. The largest absolute Gasteiger partial charge is 0.480 e. The zero-order chi connectivity index (χ0) is 14.6. The van der Waals surface area contributed by atoms with Gasteiger partial charge < -0.3 is 10.4 Å². The van der Waals surface area contributed by atoms with Crippen LogP contribution in [0.5, 0.6) is 0 Å². The molecule has 112 valence electrons. The van der Waals surface area contributed by atoms with Crippen molar-refractivity contribution in [3.8, 4) is 0 Å². The third-order valence-electron chi connectivity index (χ3n) is 3.67. The van der Waals surface area contributed by atoms with Crippen LogP contribution in [-0.4, -0.2) is 43.1 Å². The van der Waals surface area contributed by atoms with Crippen molar-refractivity contribution < 1.29 is 18.3 Å². The first kappa shape index (κ1) is 16.4. The summed E-state index contributed by atoms with van der Waals surface area (Å²) in [5.74, 6) is -0.557. The lowest BCUT2D eigenvalue weighted by molar-refractivity contribution is -0.140. The van der Waals surface area contributed by atoms with Crippen LogP contribution in [0.3, 0.4) is 0 Å². The van der Waals surface area contributed by atoms with E-state index in [0.717, 1.165) is 12.8 Å². The minimum atomic E-state index is -3.03. The highest BCUT2D eigenvalue weighted by Gasteiger charge is 2.31. The maximum Gasteiger partial charge on any atom is 0.320 e. The van der Waals surface area contributed by atoms with Crippen LogP contribution in [0.2, 0.25) is 0 Å². The predicted octanol–water partition coefficient (Wildman–Crippen LogP) is 1.43. The van der Waals surface area contributed by atoms with E-state index in [1.54, 1.807) is 0 Å². The normalized spacial score (nSPS) is 26.3. The summed E-state index contributed by atoms with van der Waals surface area (Å²) in [5, 5.41) is 12.0. The van der Waals surface area contributed by atoms with Crippen molar-refractivity contribution in [1.82, 2.24) is 5.32 Å². The fourth-order valence-electron chi connectivity index (χ4n) is 2.68. The second-order valence-corrected chi connectivity index (χ2v) is 8.33. The third-order valence-corrected chi connectivity index (χ3v) is 5.31. The van der Waals surface area contributed by atoms with Gasteiger partial charge in [-0.3, -0.25) is 4.79 Å². The smallest absolute Gasteiger partial charge is 0.320 e. The van der Waals surface area contributed by atoms with Crippen molar-refractivity contribution in [3.63, 3.8) is 0 Å². The molecular weight excluding hydrogens is 266 g/mol. The first-order valence-electron chi connectivity index (χ1n) is 6.88. The van der Waals surface area contributed by atoms with Crippen molar-refractivity contribution in [2.45, 2.75) is 63.3 Å². The van der Waals surface area contributed by atoms with Gasteiger partial charge in [0.25, 0.3) is 0 Å². The van der Waals surface area contributed by atoms with E-state index in [1.807, 2.05) is 13.8 Å². The van der Waals surface area contributed by atoms with Crippen molar-refractivity contribution in [3.05, 3.63) is 0 Å². The zero-order valence-corrected chi connectivity index (χ0v) is 12.7. The van der Waals surface area contributed by atoms with E-state index < -0.39 is 21.8 Å². The van der Waals surface area contributed by atoms with E-state index in [9.17, 15) is 18.3 Å². The van der Waals surface area contributed by atoms with E-state index in [2.05, 4.69) is 5.32 Å². The molecule has 5 nitrogen and oxygen atoms in total. The van der Waals surface area contributed by atoms with Crippen LogP contribution in [0, 0.1) is 5.92 Å². The van der Waals surface area contributed by atoms with E-state index in [4.69, 9.17) is 0 Å². The fraction of sp³-hybridized carbons (Fsp3) is 0.923. The van der Waals surface area contributed by atoms with Gasteiger partial charge in [-0.2, -0.15) is 0 Å². The van der Waals surface area contributed by atoms with Crippen molar-refractivity contribution in [2.75, 3.05) is 6.26 Å². The number of aliphatic carboxylic acids is 1. The quantitative estimate of drug-likeness (QED) is 0.773. The maximum atomic E-state index is 11.6. The molecule has 0 heterocycles. The summed E-state index contributed by atoms with van der Waals surface area (Å²) in [7, 11) is -3.03. The van der Waals surface area contributed by atoms with Gasteiger partial charge in [-0.05, 0) is 31.6 Å². The van der Waals surface area contributed by atoms with Crippen LogP contribution in [0.1, 0.15) is 46.0 Å². The lowest BCUT2D eigenvalue weighted by Gasteiger charge is -2.31. The average molecular weight is 291 g/mol. The van der Waals surface area contributed by atoms with Crippen molar-refractivity contribution in [2.24, 2.45) is 5.92 Å². The fourth-order valence-corrected chi connectivity index (χ4v) is 3.86. The first-order valence-corrected chi connectivity index (χ1v) is 8.83. The summed E-state index contributed by atoms with van der Waals surface area (Å²) in [6.07, 6.45) is 4.75. The molecule has 6 heteroatoms.